The highest BCUT2D eigenvalue weighted by Crippen LogP contribution is 2.36. The summed E-state index contributed by atoms with van der Waals surface area (Å²) in [4.78, 5) is 20.7. The predicted octanol–water partition coefficient (Wildman–Crippen LogP) is 3.74. The monoisotopic (exact) mass is 376 g/mol. The summed E-state index contributed by atoms with van der Waals surface area (Å²) in [5.41, 5.74) is 2.33. The largest absolute Gasteiger partial charge is 0.356 e. The number of fused-ring (bicyclic) bond motifs is 3. The fourth-order valence-electron chi connectivity index (χ4n) is 4.51. The molecule has 6 heteroatoms. The minimum atomic E-state index is 0.232. The number of aromatic amines is 1. The van der Waals surface area contributed by atoms with Gasteiger partial charge in [-0.1, -0.05) is 50.1 Å². The van der Waals surface area contributed by atoms with Crippen LogP contribution >= 0.6 is 0 Å². The number of benzene rings is 1. The lowest BCUT2D eigenvalue weighted by Crippen LogP contribution is -2.46. The zero-order valence-corrected chi connectivity index (χ0v) is 16.5. The molecule has 1 saturated carbocycles. The third kappa shape index (κ3) is 3.21. The summed E-state index contributed by atoms with van der Waals surface area (Å²) in [6.45, 7) is 3.93. The third-order valence-electron chi connectivity index (χ3n) is 5.94. The zero-order chi connectivity index (χ0) is 18.9. The minimum absolute atomic E-state index is 0.232. The second-order valence-corrected chi connectivity index (χ2v) is 8.07. The molecule has 5 rings (SSSR count). The second kappa shape index (κ2) is 7.41. The Morgan fingerprint density at radius 3 is 2.79 bits per heavy atom. The van der Waals surface area contributed by atoms with Crippen molar-refractivity contribution in [2.45, 2.75) is 57.4 Å². The minimum Gasteiger partial charge on any atom is -0.356 e. The molecular formula is C22H28N6. The van der Waals surface area contributed by atoms with Crippen LogP contribution in [0.4, 0.5) is 5.82 Å². The van der Waals surface area contributed by atoms with Gasteiger partial charge in [-0.05, 0) is 31.2 Å². The molecule has 1 atom stereocenters. The van der Waals surface area contributed by atoms with Crippen LogP contribution in [0.5, 0.6) is 0 Å². The summed E-state index contributed by atoms with van der Waals surface area (Å²) in [5, 5.41) is 3.49. The molecule has 2 aromatic rings. The molecule has 2 N–H and O–H groups in total. The highest BCUT2D eigenvalue weighted by molar-refractivity contribution is 6.14. The summed E-state index contributed by atoms with van der Waals surface area (Å²) >= 11 is 0. The van der Waals surface area contributed by atoms with Crippen molar-refractivity contribution in [1.29, 1.82) is 0 Å². The molecule has 3 aliphatic rings. The number of amidine groups is 1. The molecule has 2 aliphatic heterocycles. The fraction of sp³-hybridized carbons (Fsp3) is 0.500. The average molecular weight is 377 g/mol. The van der Waals surface area contributed by atoms with Crippen molar-refractivity contribution in [3.63, 3.8) is 0 Å². The fourth-order valence-corrected chi connectivity index (χ4v) is 4.51. The van der Waals surface area contributed by atoms with Crippen LogP contribution in [0, 0.1) is 0 Å². The maximum absolute atomic E-state index is 5.10. The standard InChI is InChI=1S/C22H28N6/c1-2-12-23-22-27-20-18(25-19(26-20)16-10-6-7-11-16)21-24-17(14-28(21)22)13-15-8-4-3-5-9-15/h3-5,8-9,16-17H,2,6-7,10-14H2,1H3,(H,23,27)(H,25,26)/t17-/m1/s1. The summed E-state index contributed by atoms with van der Waals surface area (Å²) in [6.07, 6.45) is 7.06. The predicted molar refractivity (Wildman–Crippen MR) is 112 cm³/mol. The van der Waals surface area contributed by atoms with Gasteiger partial charge in [0.2, 0.25) is 5.96 Å². The van der Waals surface area contributed by atoms with Gasteiger partial charge in [0.15, 0.2) is 11.7 Å². The first-order chi connectivity index (χ1) is 13.8. The van der Waals surface area contributed by atoms with Crippen LogP contribution in [0.3, 0.4) is 0 Å². The zero-order valence-electron chi connectivity index (χ0n) is 16.5. The first-order valence-corrected chi connectivity index (χ1v) is 10.6. The van der Waals surface area contributed by atoms with Crippen molar-refractivity contribution < 1.29 is 0 Å². The number of aromatic nitrogens is 2. The molecule has 0 spiro atoms. The average Bonchev–Trinajstić information content (AvgIpc) is 3.45. The van der Waals surface area contributed by atoms with Crippen molar-refractivity contribution in [3.8, 4) is 0 Å². The van der Waals surface area contributed by atoms with E-state index in [1.807, 2.05) is 0 Å². The van der Waals surface area contributed by atoms with E-state index in [9.17, 15) is 0 Å². The lowest BCUT2D eigenvalue weighted by atomic mass is 10.1. The number of guanidine groups is 1. The Morgan fingerprint density at radius 2 is 2.00 bits per heavy atom. The molecule has 1 aliphatic carbocycles. The van der Waals surface area contributed by atoms with Crippen molar-refractivity contribution in [3.05, 3.63) is 47.4 Å². The lowest BCUT2D eigenvalue weighted by Gasteiger charge is -2.26. The molecule has 146 valence electrons. The van der Waals surface area contributed by atoms with E-state index in [0.717, 1.165) is 55.1 Å². The van der Waals surface area contributed by atoms with Crippen molar-refractivity contribution in [2.75, 3.05) is 13.1 Å². The van der Waals surface area contributed by atoms with Crippen LogP contribution in [-0.4, -0.2) is 45.8 Å². The number of nitrogens with one attached hydrogen (secondary N) is 2. The molecular weight excluding hydrogens is 348 g/mol. The SMILES string of the molecule is CCCNC1=Nc2nc(C3CCCC3)[nH]c2C2=N[C@H](Cc3ccccc3)CN12. The number of aliphatic imine (C=N–C) groups is 2. The van der Waals surface area contributed by atoms with E-state index < -0.39 is 0 Å². The Bertz CT molecular complexity index is 891. The lowest BCUT2D eigenvalue weighted by molar-refractivity contribution is 0.547. The van der Waals surface area contributed by atoms with E-state index in [-0.39, 0.29) is 6.04 Å². The van der Waals surface area contributed by atoms with Gasteiger partial charge in [0.05, 0.1) is 12.6 Å². The molecule has 0 radical (unpaired) electrons. The number of rotatable bonds is 5. The van der Waals surface area contributed by atoms with E-state index >= 15 is 0 Å². The highest BCUT2D eigenvalue weighted by atomic mass is 15.4. The van der Waals surface area contributed by atoms with Crippen LogP contribution in [0.1, 0.15) is 62.0 Å². The molecule has 3 heterocycles. The summed E-state index contributed by atoms with van der Waals surface area (Å²) in [7, 11) is 0. The number of nitrogens with zero attached hydrogens (tertiary/aromatic N) is 4. The van der Waals surface area contributed by atoms with E-state index in [1.165, 1.54) is 31.2 Å². The molecule has 6 nitrogen and oxygen atoms in total. The van der Waals surface area contributed by atoms with Crippen LogP contribution in [-0.2, 0) is 6.42 Å². The Morgan fingerprint density at radius 1 is 1.18 bits per heavy atom. The van der Waals surface area contributed by atoms with Gasteiger partial charge in [-0.15, -0.1) is 0 Å². The highest BCUT2D eigenvalue weighted by Gasteiger charge is 2.36. The van der Waals surface area contributed by atoms with Crippen molar-refractivity contribution >= 4 is 17.6 Å². The quantitative estimate of drug-likeness (QED) is 0.835. The Kier molecular flexibility index (Phi) is 4.63. The maximum Gasteiger partial charge on any atom is 0.206 e. The van der Waals surface area contributed by atoms with Crippen LogP contribution in [0.2, 0.25) is 0 Å². The van der Waals surface area contributed by atoms with E-state index in [2.05, 4.69) is 52.5 Å². The first kappa shape index (κ1) is 17.5. The topological polar surface area (TPSA) is 68.7 Å². The molecule has 0 saturated heterocycles. The Balaban J connectivity index is 1.46. The van der Waals surface area contributed by atoms with Gasteiger partial charge in [-0.3, -0.25) is 9.89 Å². The Hall–Kier alpha value is -2.63. The van der Waals surface area contributed by atoms with Gasteiger partial charge in [-0.2, -0.15) is 4.99 Å². The first-order valence-electron chi connectivity index (χ1n) is 10.6. The number of H-pyrrole nitrogens is 1. The maximum atomic E-state index is 5.10. The molecule has 1 aromatic carbocycles. The summed E-state index contributed by atoms with van der Waals surface area (Å²) in [6, 6.07) is 10.9. The number of imidazole rings is 1. The van der Waals surface area contributed by atoms with Gasteiger partial charge in [0.25, 0.3) is 0 Å². The van der Waals surface area contributed by atoms with Gasteiger partial charge in [0.1, 0.15) is 11.5 Å². The molecule has 0 unspecified atom stereocenters. The number of hydrogen-bond acceptors (Lipinski definition) is 5. The molecule has 1 fully saturated rings. The molecule has 0 amide bonds. The van der Waals surface area contributed by atoms with E-state index in [0.29, 0.717) is 5.92 Å². The van der Waals surface area contributed by atoms with Gasteiger partial charge in [-0.25, -0.2) is 4.98 Å². The molecule has 1 aromatic heterocycles. The normalized spacial score (nSPS) is 21.3. The third-order valence-corrected chi connectivity index (χ3v) is 5.94. The van der Waals surface area contributed by atoms with Gasteiger partial charge in [0, 0.05) is 12.5 Å². The summed E-state index contributed by atoms with van der Waals surface area (Å²) < 4.78 is 0. The molecule has 0 bridgehead atoms. The number of hydrogen-bond donors (Lipinski definition) is 2. The van der Waals surface area contributed by atoms with Gasteiger partial charge >= 0.3 is 0 Å². The second-order valence-electron chi connectivity index (χ2n) is 8.07. The summed E-state index contributed by atoms with van der Waals surface area (Å²) in [5.74, 6) is 4.34. The van der Waals surface area contributed by atoms with E-state index in [4.69, 9.17) is 15.0 Å². The van der Waals surface area contributed by atoms with Gasteiger partial charge < -0.3 is 10.3 Å². The van der Waals surface area contributed by atoms with Crippen molar-refractivity contribution in [2.24, 2.45) is 9.98 Å². The van der Waals surface area contributed by atoms with Crippen molar-refractivity contribution in [1.82, 2.24) is 20.2 Å². The molecule has 28 heavy (non-hydrogen) atoms. The van der Waals surface area contributed by atoms with Crippen LogP contribution < -0.4 is 5.32 Å². The Labute approximate surface area is 166 Å². The van der Waals surface area contributed by atoms with Crippen LogP contribution in [0.15, 0.2) is 40.3 Å². The smallest absolute Gasteiger partial charge is 0.206 e. The van der Waals surface area contributed by atoms with E-state index in [1.54, 1.807) is 0 Å². The van der Waals surface area contributed by atoms with Crippen LogP contribution in [0.25, 0.3) is 0 Å².